The highest BCUT2D eigenvalue weighted by atomic mass is 35.5. The molecule has 2 amide bonds. The number of para-hydroxylation sites is 1. The fourth-order valence-electron chi connectivity index (χ4n) is 2.65. The molecule has 0 saturated carbocycles. The van der Waals surface area contributed by atoms with Crippen LogP contribution in [-0.2, 0) is 9.59 Å². The lowest BCUT2D eigenvalue weighted by Gasteiger charge is -2.20. The van der Waals surface area contributed by atoms with E-state index in [1.807, 2.05) is 54.6 Å². The van der Waals surface area contributed by atoms with Crippen molar-refractivity contribution in [3.63, 3.8) is 0 Å². The van der Waals surface area contributed by atoms with Crippen molar-refractivity contribution >= 4 is 46.6 Å². The number of benzene rings is 2. The molecule has 2 aromatic rings. The van der Waals surface area contributed by atoms with Gasteiger partial charge >= 0.3 is 0 Å². The average molecular weight is 403 g/mol. The lowest BCUT2D eigenvalue weighted by Crippen LogP contribution is -2.40. The third kappa shape index (κ3) is 5.02. The summed E-state index contributed by atoms with van der Waals surface area (Å²) in [6.07, 6.45) is 0.195. The van der Waals surface area contributed by atoms with Crippen LogP contribution in [0, 0.1) is 0 Å². The molecule has 0 radical (unpaired) electrons. The van der Waals surface area contributed by atoms with Crippen LogP contribution in [0.25, 0.3) is 0 Å². The van der Waals surface area contributed by atoms with Crippen LogP contribution in [0.3, 0.4) is 0 Å². The number of nitrogens with one attached hydrogen (secondary N) is 1. The fraction of sp³-hybridized carbons (Fsp3) is 0.211. The molecular weight excluding hydrogens is 384 g/mol. The number of halogens is 1. The number of rotatable bonds is 7. The van der Waals surface area contributed by atoms with Gasteiger partial charge in [0.15, 0.2) is 0 Å². The van der Waals surface area contributed by atoms with Crippen molar-refractivity contribution in [3.05, 3.63) is 59.6 Å². The number of carbonyl (C=O) groups excluding carboxylic acids is 2. The van der Waals surface area contributed by atoms with Crippen molar-refractivity contribution in [1.29, 1.82) is 0 Å². The Kier molecular flexibility index (Phi) is 6.36. The Morgan fingerprint density at radius 1 is 1.19 bits per heavy atom. The highest BCUT2D eigenvalue weighted by molar-refractivity contribution is 7.99. The van der Waals surface area contributed by atoms with Gasteiger partial charge in [-0.2, -0.15) is 5.10 Å². The van der Waals surface area contributed by atoms with Crippen LogP contribution in [0.2, 0.25) is 5.02 Å². The number of amides is 2. The Morgan fingerprint density at radius 2 is 1.89 bits per heavy atom. The zero-order chi connectivity index (χ0) is 19.2. The van der Waals surface area contributed by atoms with Crippen LogP contribution >= 0.6 is 23.4 Å². The van der Waals surface area contributed by atoms with Gasteiger partial charge in [0.25, 0.3) is 5.91 Å². The second-order valence-electron chi connectivity index (χ2n) is 5.91. The SMILES string of the molecule is NC(=O)C1CC(C(=O)NCCSc2ccc(Cl)cc2)=NN1c1ccccc1. The van der Waals surface area contributed by atoms with Crippen molar-refractivity contribution < 1.29 is 9.59 Å². The molecule has 0 spiro atoms. The van der Waals surface area contributed by atoms with Gasteiger partial charge in [-0.05, 0) is 36.4 Å². The lowest BCUT2D eigenvalue weighted by atomic mass is 10.1. The highest BCUT2D eigenvalue weighted by Gasteiger charge is 2.34. The molecule has 3 N–H and O–H groups in total. The Hall–Kier alpha value is -2.51. The van der Waals surface area contributed by atoms with Crippen LogP contribution < -0.4 is 16.1 Å². The molecule has 1 unspecified atom stereocenters. The molecule has 27 heavy (non-hydrogen) atoms. The van der Waals surface area contributed by atoms with Gasteiger partial charge in [-0.3, -0.25) is 14.6 Å². The Bertz CT molecular complexity index is 843. The van der Waals surface area contributed by atoms with Gasteiger partial charge in [0.1, 0.15) is 11.8 Å². The van der Waals surface area contributed by atoms with Crippen LogP contribution in [-0.4, -0.2) is 35.9 Å². The zero-order valence-corrected chi connectivity index (χ0v) is 16.0. The van der Waals surface area contributed by atoms with Crippen LogP contribution in [0.5, 0.6) is 0 Å². The summed E-state index contributed by atoms with van der Waals surface area (Å²) in [5.74, 6) is -0.0810. The number of hydrazone groups is 1. The maximum atomic E-state index is 12.4. The first-order chi connectivity index (χ1) is 13.0. The standard InChI is InChI=1S/C19H19ClN4O2S/c20-13-6-8-15(9-7-13)27-11-10-22-19(26)16-12-17(18(21)25)24(23-16)14-4-2-1-3-5-14/h1-9,17H,10-12H2,(H2,21,25)(H,22,26). The highest BCUT2D eigenvalue weighted by Crippen LogP contribution is 2.24. The van der Waals surface area contributed by atoms with E-state index in [0.29, 0.717) is 23.0 Å². The third-order valence-corrected chi connectivity index (χ3v) is 5.26. The number of hydrogen-bond donors (Lipinski definition) is 2. The van der Waals surface area contributed by atoms with Crippen molar-refractivity contribution in [3.8, 4) is 0 Å². The molecule has 0 bridgehead atoms. The molecular formula is C19H19ClN4O2S. The first kappa shape index (κ1) is 19.3. The van der Waals surface area contributed by atoms with Crippen LogP contribution in [0.1, 0.15) is 6.42 Å². The molecule has 0 aliphatic carbocycles. The molecule has 0 saturated heterocycles. The van der Waals surface area contributed by atoms with E-state index in [2.05, 4.69) is 10.4 Å². The summed E-state index contributed by atoms with van der Waals surface area (Å²) in [5, 5.41) is 9.37. The molecule has 8 heteroatoms. The van der Waals surface area contributed by atoms with Gasteiger partial charge in [0, 0.05) is 28.6 Å². The molecule has 2 aromatic carbocycles. The average Bonchev–Trinajstić information content (AvgIpc) is 3.13. The third-order valence-electron chi connectivity index (χ3n) is 3.99. The lowest BCUT2D eigenvalue weighted by molar-refractivity contribution is -0.119. The summed E-state index contributed by atoms with van der Waals surface area (Å²) in [5.41, 5.74) is 6.52. The molecule has 0 aromatic heterocycles. The van der Waals surface area contributed by atoms with E-state index in [4.69, 9.17) is 17.3 Å². The Balaban J connectivity index is 1.56. The van der Waals surface area contributed by atoms with Gasteiger partial charge in [0.05, 0.1) is 5.69 Å². The van der Waals surface area contributed by atoms with E-state index in [-0.39, 0.29) is 12.3 Å². The molecule has 1 aliphatic heterocycles. The van der Waals surface area contributed by atoms with E-state index in [1.165, 1.54) is 5.01 Å². The second-order valence-corrected chi connectivity index (χ2v) is 7.51. The van der Waals surface area contributed by atoms with Crippen molar-refractivity contribution in [2.24, 2.45) is 10.8 Å². The van der Waals surface area contributed by atoms with E-state index in [9.17, 15) is 9.59 Å². The molecule has 1 aliphatic rings. The molecule has 140 valence electrons. The number of nitrogens with two attached hydrogens (primary N) is 1. The van der Waals surface area contributed by atoms with Gasteiger partial charge < -0.3 is 11.1 Å². The normalized spacial score (nSPS) is 16.1. The number of anilines is 1. The predicted octanol–water partition coefficient (Wildman–Crippen LogP) is 2.67. The monoisotopic (exact) mass is 402 g/mol. The molecule has 3 rings (SSSR count). The summed E-state index contributed by atoms with van der Waals surface area (Å²) in [6, 6.07) is 16.1. The topological polar surface area (TPSA) is 87.8 Å². The fourth-order valence-corrected chi connectivity index (χ4v) is 3.55. The summed E-state index contributed by atoms with van der Waals surface area (Å²) < 4.78 is 0. The molecule has 1 heterocycles. The van der Waals surface area contributed by atoms with Gasteiger partial charge in [-0.25, -0.2) is 0 Å². The quantitative estimate of drug-likeness (QED) is 0.550. The summed E-state index contributed by atoms with van der Waals surface area (Å²) in [6.45, 7) is 0.484. The largest absolute Gasteiger partial charge is 0.368 e. The number of thioether (sulfide) groups is 1. The smallest absolute Gasteiger partial charge is 0.267 e. The van der Waals surface area contributed by atoms with Crippen LogP contribution in [0.4, 0.5) is 5.69 Å². The van der Waals surface area contributed by atoms with Gasteiger partial charge in [-0.15, -0.1) is 11.8 Å². The van der Waals surface area contributed by atoms with E-state index >= 15 is 0 Å². The molecule has 0 fully saturated rings. The van der Waals surface area contributed by atoms with Gasteiger partial charge in [0.2, 0.25) is 5.91 Å². The van der Waals surface area contributed by atoms with E-state index in [0.717, 1.165) is 10.6 Å². The first-order valence-electron chi connectivity index (χ1n) is 8.42. The van der Waals surface area contributed by atoms with Crippen molar-refractivity contribution in [2.75, 3.05) is 17.3 Å². The zero-order valence-electron chi connectivity index (χ0n) is 14.5. The summed E-state index contributed by atoms with van der Waals surface area (Å²) in [7, 11) is 0. The number of primary amides is 1. The van der Waals surface area contributed by atoms with Crippen LogP contribution in [0.15, 0.2) is 64.6 Å². The van der Waals surface area contributed by atoms with Crippen molar-refractivity contribution in [1.82, 2.24) is 5.32 Å². The van der Waals surface area contributed by atoms with E-state index in [1.54, 1.807) is 11.8 Å². The minimum absolute atomic E-state index is 0.195. The minimum atomic E-state index is -0.656. The minimum Gasteiger partial charge on any atom is -0.368 e. The summed E-state index contributed by atoms with van der Waals surface area (Å²) in [4.78, 5) is 25.2. The first-order valence-corrected chi connectivity index (χ1v) is 9.78. The maximum Gasteiger partial charge on any atom is 0.267 e. The number of nitrogens with zero attached hydrogens (tertiary/aromatic N) is 2. The molecule has 6 nitrogen and oxygen atoms in total. The number of carbonyl (C=O) groups is 2. The summed E-state index contributed by atoms with van der Waals surface area (Å²) >= 11 is 7.48. The maximum absolute atomic E-state index is 12.4. The Morgan fingerprint density at radius 3 is 2.56 bits per heavy atom. The Labute approximate surface area is 166 Å². The van der Waals surface area contributed by atoms with E-state index < -0.39 is 11.9 Å². The second kappa shape index (κ2) is 8.92. The van der Waals surface area contributed by atoms with Crippen molar-refractivity contribution in [2.45, 2.75) is 17.4 Å². The molecule has 1 atom stereocenters. The van der Waals surface area contributed by atoms with Gasteiger partial charge in [-0.1, -0.05) is 29.8 Å². The number of hydrogen-bond acceptors (Lipinski definition) is 5. The predicted molar refractivity (Wildman–Crippen MR) is 109 cm³/mol.